The van der Waals surface area contributed by atoms with Crippen LogP contribution >= 0.6 is 47.2 Å². The monoisotopic (exact) mass is 467 g/mol. The SMILES string of the molecule is Cc1ccc(OCCCOc2c(Cl)cc(Cl)cc2/C=C2/SC(=S)NC2=O)cc1C. The van der Waals surface area contributed by atoms with E-state index in [0.29, 0.717) is 50.2 Å². The average Bonchev–Trinajstić information content (AvgIpc) is 2.96. The first-order valence-corrected chi connectivity index (χ1v) is 10.9. The Kier molecular flexibility index (Phi) is 7.46. The van der Waals surface area contributed by atoms with Crippen molar-refractivity contribution >= 4 is 63.5 Å². The molecule has 1 amide bonds. The minimum absolute atomic E-state index is 0.246. The zero-order valence-electron chi connectivity index (χ0n) is 15.9. The average molecular weight is 468 g/mol. The van der Waals surface area contributed by atoms with Crippen molar-refractivity contribution in [2.45, 2.75) is 20.3 Å². The zero-order valence-corrected chi connectivity index (χ0v) is 19.0. The van der Waals surface area contributed by atoms with E-state index in [1.807, 2.05) is 18.2 Å². The molecule has 0 bridgehead atoms. The fraction of sp³-hybridized carbons (Fsp3) is 0.238. The molecule has 0 saturated carbocycles. The third-order valence-corrected chi connectivity index (χ3v) is 5.91. The maximum atomic E-state index is 11.9. The fourth-order valence-electron chi connectivity index (χ4n) is 2.63. The number of ether oxygens (including phenoxy) is 2. The molecule has 152 valence electrons. The number of carbonyl (C=O) groups excluding carboxylic acids is 1. The molecule has 8 heteroatoms. The highest BCUT2D eigenvalue weighted by Crippen LogP contribution is 2.36. The molecule has 0 aromatic heterocycles. The van der Waals surface area contributed by atoms with Gasteiger partial charge in [-0.2, -0.15) is 0 Å². The van der Waals surface area contributed by atoms with Crippen molar-refractivity contribution in [3.8, 4) is 11.5 Å². The van der Waals surface area contributed by atoms with Crippen LogP contribution in [0.2, 0.25) is 10.0 Å². The van der Waals surface area contributed by atoms with Crippen LogP contribution in [-0.2, 0) is 4.79 Å². The first kappa shape index (κ1) is 22.0. The van der Waals surface area contributed by atoms with Crippen LogP contribution in [0.25, 0.3) is 6.08 Å². The van der Waals surface area contributed by atoms with Gasteiger partial charge in [0.2, 0.25) is 0 Å². The first-order chi connectivity index (χ1) is 13.8. The zero-order chi connectivity index (χ0) is 21.0. The van der Waals surface area contributed by atoms with Gasteiger partial charge in [0.1, 0.15) is 15.8 Å². The summed E-state index contributed by atoms with van der Waals surface area (Å²) in [4.78, 5) is 12.4. The van der Waals surface area contributed by atoms with Crippen LogP contribution in [0.4, 0.5) is 0 Å². The van der Waals surface area contributed by atoms with Crippen LogP contribution in [0, 0.1) is 13.8 Å². The quantitative estimate of drug-likeness (QED) is 0.309. The van der Waals surface area contributed by atoms with Gasteiger partial charge < -0.3 is 14.8 Å². The van der Waals surface area contributed by atoms with Crippen molar-refractivity contribution in [2.24, 2.45) is 0 Å². The van der Waals surface area contributed by atoms with Crippen molar-refractivity contribution in [3.63, 3.8) is 0 Å². The van der Waals surface area contributed by atoms with E-state index in [1.54, 1.807) is 18.2 Å². The highest BCUT2D eigenvalue weighted by Gasteiger charge is 2.23. The largest absolute Gasteiger partial charge is 0.493 e. The molecule has 0 atom stereocenters. The van der Waals surface area contributed by atoms with Crippen LogP contribution in [0.3, 0.4) is 0 Å². The smallest absolute Gasteiger partial charge is 0.263 e. The summed E-state index contributed by atoms with van der Waals surface area (Å²) < 4.78 is 12.1. The van der Waals surface area contributed by atoms with Crippen LogP contribution in [0.15, 0.2) is 35.2 Å². The highest BCUT2D eigenvalue weighted by molar-refractivity contribution is 8.26. The lowest BCUT2D eigenvalue weighted by molar-refractivity contribution is -0.115. The van der Waals surface area contributed by atoms with E-state index in [-0.39, 0.29) is 5.91 Å². The number of amides is 1. The summed E-state index contributed by atoms with van der Waals surface area (Å²) in [5.41, 5.74) is 3.05. The number of halogens is 2. The van der Waals surface area contributed by atoms with Crippen molar-refractivity contribution in [3.05, 3.63) is 62.0 Å². The predicted octanol–water partition coefficient (Wildman–Crippen LogP) is 5.95. The molecule has 0 spiro atoms. The number of carbonyl (C=O) groups is 1. The maximum absolute atomic E-state index is 11.9. The molecule has 1 aliphatic rings. The Morgan fingerprint density at radius 3 is 2.55 bits per heavy atom. The summed E-state index contributed by atoms with van der Waals surface area (Å²) in [6.07, 6.45) is 2.35. The Morgan fingerprint density at radius 2 is 1.86 bits per heavy atom. The van der Waals surface area contributed by atoms with Gasteiger partial charge in [-0.15, -0.1) is 0 Å². The standard InChI is InChI=1S/C21H19Cl2NO3S2/c1-12-4-5-16(8-13(12)2)26-6-3-7-27-19-14(9-15(22)11-17(19)23)10-18-20(25)24-21(28)29-18/h4-5,8-11H,3,6-7H2,1-2H3,(H,24,25,28)/b18-10+. The second kappa shape index (κ2) is 9.85. The minimum atomic E-state index is -0.246. The summed E-state index contributed by atoms with van der Waals surface area (Å²) in [5.74, 6) is 1.06. The molecule has 4 nitrogen and oxygen atoms in total. The number of thiocarbonyl (C=S) groups is 1. The van der Waals surface area contributed by atoms with Crippen molar-refractivity contribution < 1.29 is 14.3 Å². The van der Waals surface area contributed by atoms with Gasteiger partial charge in [0.15, 0.2) is 0 Å². The van der Waals surface area contributed by atoms with E-state index < -0.39 is 0 Å². The third kappa shape index (κ3) is 5.89. The Bertz CT molecular complexity index is 992. The second-order valence-corrected chi connectivity index (χ2v) is 9.02. The highest BCUT2D eigenvalue weighted by atomic mass is 35.5. The number of hydrogen-bond donors (Lipinski definition) is 1. The Morgan fingerprint density at radius 1 is 1.10 bits per heavy atom. The summed E-state index contributed by atoms with van der Waals surface area (Å²) in [7, 11) is 0. The fourth-order valence-corrected chi connectivity index (χ4v) is 4.23. The number of nitrogens with one attached hydrogen (secondary N) is 1. The van der Waals surface area contributed by atoms with Crippen molar-refractivity contribution in [1.82, 2.24) is 5.32 Å². The van der Waals surface area contributed by atoms with Gasteiger partial charge >= 0.3 is 0 Å². The van der Waals surface area contributed by atoms with E-state index in [4.69, 9.17) is 44.9 Å². The van der Waals surface area contributed by atoms with E-state index in [9.17, 15) is 4.79 Å². The molecule has 1 N–H and O–H groups in total. The Labute approximate surface area is 189 Å². The number of aryl methyl sites for hydroxylation is 2. The van der Waals surface area contributed by atoms with Gasteiger partial charge in [-0.1, -0.05) is 53.2 Å². The molecule has 29 heavy (non-hydrogen) atoms. The molecule has 1 aliphatic heterocycles. The van der Waals surface area contributed by atoms with Crippen LogP contribution in [0.1, 0.15) is 23.1 Å². The van der Waals surface area contributed by atoms with E-state index in [1.165, 1.54) is 22.9 Å². The summed E-state index contributed by atoms with van der Waals surface area (Å²) in [5, 5.41) is 3.42. The van der Waals surface area contributed by atoms with Gasteiger partial charge in [-0.3, -0.25) is 4.79 Å². The molecule has 1 fully saturated rings. The molecule has 1 saturated heterocycles. The number of benzene rings is 2. The summed E-state index contributed by atoms with van der Waals surface area (Å²) in [6, 6.07) is 9.33. The Balaban J connectivity index is 1.63. The second-order valence-electron chi connectivity index (χ2n) is 6.45. The van der Waals surface area contributed by atoms with E-state index >= 15 is 0 Å². The molecule has 2 aromatic carbocycles. The van der Waals surface area contributed by atoms with E-state index in [0.717, 1.165) is 5.75 Å². The molecule has 1 heterocycles. The lowest BCUT2D eigenvalue weighted by atomic mass is 10.1. The summed E-state index contributed by atoms with van der Waals surface area (Å²) >= 11 is 18.7. The topological polar surface area (TPSA) is 47.6 Å². The lowest BCUT2D eigenvalue weighted by Crippen LogP contribution is -2.17. The van der Waals surface area contributed by atoms with Gasteiger partial charge in [-0.05, 0) is 55.3 Å². The molecular formula is C21H19Cl2NO3S2. The van der Waals surface area contributed by atoms with Gasteiger partial charge in [0.05, 0.1) is 23.1 Å². The molecule has 0 aliphatic carbocycles. The van der Waals surface area contributed by atoms with Crippen molar-refractivity contribution in [1.29, 1.82) is 0 Å². The normalized spacial score (nSPS) is 15.0. The van der Waals surface area contributed by atoms with Crippen LogP contribution in [-0.4, -0.2) is 23.4 Å². The molecular weight excluding hydrogens is 449 g/mol. The number of hydrogen-bond acceptors (Lipinski definition) is 5. The molecule has 0 unspecified atom stereocenters. The van der Waals surface area contributed by atoms with Gasteiger partial charge in [0.25, 0.3) is 5.91 Å². The number of thioether (sulfide) groups is 1. The molecule has 2 aromatic rings. The number of rotatable bonds is 7. The predicted molar refractivity (Wildman–Crippen MR) is 124 cm³/mol. The third-order valence-electron chi connectivity index (χ3n) is 4.25. The Hall–Kier alpha value is -1.73. The van der Waals surface area contributed by atoms with E-state index in [2.05, 4.69) is 19.2 Å². The first-order valence-electron chi connectivity index (χ1n) is 8.90. The summed E-state index contributed by atoms with van der Waals surface area (Å²) in [6.45, 7) is 5.03. The minimum Gasteiger partial charge on any atom is -0.493 e. The van der Waals surface area contributed by atoms with Gasteiger partial charge in [0, 0.05) is 17.0 Å². The molecule has 3 rings (SSSR count). The van der Waals surface area contributed by atoms with Crippen LogP contribution < -0.4 is 14.8 Å². The van der Waals surface area contributed by atoms with Crippen LogP contribution in [0.5, 0.6) is 11.5 Å². The van der Waals surface area contributed by atoms with Gasteiger partial charge in [-0.25, -0.2) is 0 Å². The maximum Gasteiger partial charge on any atom is 0.263 e. The lowest BCUT2D eigenvalue weighted by Gasteiger charge is -2.13. The molecule has 0 radical (unpaired) electrons. The van der Waals surface area contributed by atoms with Crippen molar-refractivity contribution in [2.75, 3.05) is 13.2 Å².